The fraction of sp³-hybridized carbons (Fsp3) is 0.0667. The zero-order valence-corrected chi connectivity index (χ0v) is 12.6. The van der Waals surface area contributed by atoms with Crippen molar-refractivity contribution in [1.82, 2.24) is 0 Å². The molecule has 0 heterocycles. The lowest BCUT2D eigenvalue weighted by atomic mass is 10.1. The minimum atomic E-state index is -4.55. The van der Waals surface area contributed by atoms with E-state index in [1.54, 1.807) is 30.3 Å². The summed E-state index contributed by atoms with van der Waals surface area (Å²) in [6, 6.07) is 11.4. The minimum Gasteiger partial charge on any atom is -0.383 e. The maximum atomic E-state index is 12.7. The molecule has 2 rings (SSSR count). The summed E-state index contributed by atoms with van der Waals surface area (Å²) in [7, 11) is 0. The molecule has 2 aromatic carbocycles. The number of nitrogens with two attached hydrogens (primary N) is 1. The molecule has 0 spiro atoms. The summed E-state index contributed by atoms with van der Waals surface area (Å²) in [5.74, 6) is -0.896. The molecule has 0 unspecified atom stereocenters. The van der Waals surface area contributed by atoms with Gasteiger partial charge in [-0.2, -0.15) is 18.2 Å². The van der Waals surface area contributed by atoms with Crippen molar-refractivity contribution in [2.75, 3.05) is 0 Å². The maximum absolute atomic E-state index is 12.7. The van der Waals surface area contributed by atoms with E-state index in [1.807, 2.05) is 0 Å². The first-order valence-electron chi connectivity index (χ1n) is 6.09. The Hall–Kier alpha value is -2.15. The van der Waals surface area contributed by atoms with E-state index in [2.05, 4.69) is 20.9 Å². The fourth-order valence-electron chi connectivity index (χ4n) is 1.72. The highest BCUT2D eigenvalue weighted by Gasteiger charge is 2.31. The van der Waals surface area contributed by atoms with Gasteiger partial charge < -0.3 is 5.73 Å². The molecule has 2 N–H and O–H groups in total. The van der Waals surface area contributed by atoms with Crippen molar-refractivity contribution in [3.8, 4) is 0 Å². The van der Waals surface area contributed by atoms with Crippen LogP contribution in [0, 0.1) is 0 Å². The van der Waals surface area contributed by atoms with Gasteiger partial charge in [0.2, 0.25) is 0 Å². The molecule has 114 valence electrons. The molecule has 0 bridgehead atoms. The van der Waals surface area contributed by atoms with Gasteiger partial charge in [0, 0.05) is 15.6 Å². The molecule has 7 heteroatoms. The molecule has 0 saturated carbocycles. The fourth-order valence-corrected chi connectivity index (χ4v) is 2.22. The molecular weight excluding hydrogens is 361 g/mol. The summed E-state index contributed by atoms with van der Waals surface area (Å²) in [5.41, 5.74) is 5.08. The third kappa shape index (κ3) is 3.94. The van der Waals surface area contributed by atoms with Crippen molar-refractivity contribution in [2.24, 2.45) is 10.7 Å². The van der Waals surface area contributed by atoms with E-state index >= 15 is 0 Å². The third-order valence-electron chi connectivity index (χ3n) is 2.76. The number of carbonyl (C=O) groups excluding carboxylic acids is 1. The number of benzene rings is 2. The molecular formula is C15H10BrF3N2O. The summed E-state index contributed by atoms with van der Waals surface area (Å²) in [6.45, 7) is 0. The SMILES string of the molecule is NC(=NC(=O)c1cc(Br)cc(C(F)(F)F)c1)c1ccccc1. The van der Waals surface area contributed by atoms with Gasteiger partial charge in [-0.3, -0.25) is 4.79 Å². The van der Waals surface area contributed by atoms with Crippen molar-refractivity contribution >= 4 is 27.7 Å². The van der Waals surface area contributed by atoms with Gasteiger partial charge in [-0.25, -0.2) is 0 Å². The molecule has 0 radical (unpaired) electrons. The van der Waals surface area contributed by atoms with E-state index in [0.717, 1.165) is 12.1 Å². The highest BCUT2D eigenvalue weighted by atomic mass is 79.9. The second-order valence-electron chi connectivity index (χ2n) is 4.39. The first-order chi connectivity index (χ1) is 10.3. The van der Waals surface area contributed by atoms with Crippen molar-refractivity contribution in [3.63, 3.8) is 0 Å². The van der Waals surface area contributed by atoms with Crippen molar-refractivity contribution in [2.45, 2.75) is 6.18 Å². The Morgan fingerprint density at radius 2 is 1.68 bits per heavy atom. The van der Waals surface area contributed by atoms with Crippen LogP contribution in [0.2, 0.25) is 0 Å². The quantitative estimate of drug-likeness (QED) is 0.641. The molecule has 0 saturated heterocycles. The van der Waals surface area contributed by atoms with Crippen LogP contribution in [0.15, 0.2) is 58.0 Å². The van der Waals surface area contributed by atoms with Gasteiger partial charge in [0.05, 0.1) is 5.56 Å². The predicted octanol–water partition coefficient (Wildman–Crippen LogP) is 4.01. The number of hydrogen-bond donors (Lipinski definition) is 1. The predicted molar refractivity (Wildman–Crippen MR) is 80.6 cm³/mol. The molecule has 0 aromatic heterocycles. The Bertz CT molecular complexity index is 727. The lowest BCUT2D eigenvalue weighted by Gasteiger charge is -2.08. The van der Waals surface area contributed by atoms with E-state index in [1.165, 1.54) is 6.07 Å². The first kappa shape index (κ1) is 16.2. The number of amides is 1. The van der Waals surface area contributed by atoms with Crippen LogP contribution in [0.25, 0.3) is 0 Å². The van der Waals surface area contributed by atoms with Crippen molar-refractivity contribution in [1.29, 1.82) is 0 Å². The van der Waals surface area contributed by atoms with Crippen LogP contribution in [0.5, 0.6) is 0 Å². The average Bonchev–Trinajstić information content (AvgIpc) is 2.46. The van der Waals surface area contributed by atoms with Crippen LogP contribution >= 0.6 is 15.9 Å². The number of rotatable bonds is 2. The Balaban J connectivity index is 2.36. The monoisotopic (exact) mass is 370 g/mol. The standard InChI is InChI=1S/C15H10BrF3N2O/c16-12-7-10(6-11(8-12)15(17,18)19)14(22)21-13(20)9-4-2-1-3-5-9/h1-8H,(H2,20,21,22). The van der Waals surface area contributed by atoms with Crippen LogP contribution < -0.4 is 5.73 Å². The van der Waals surface area contributed by atoms with Gasteiger partial charge in [-0.05, 0) is 18.2 Å². The zero-order chi connectivity index (χ0) is 16.3. The number of nitrogens with zero attached hydrogens (tertiary/aromatic N) is 1. The van der Waals surface area contributed by atoms with E-state index in [0.29, 0.717) is 5.56 Å². The Kier molecular flexibility index (Phi) is 4.65. The maximum Gasteiger partial charge on any atom is 0.416 e. The molecule has 1 amide bonds. The van der Waals surface area contributed by atoms with Gasteiger partial charge in [-0.15, -0.1) is 0 Å². The van der Waals surface area contributed by atoms with E-state index in [4.69, 9.17) is 5.73 Å². The van der Waals surface area contributed by atoms with Crippen LogP contribution in [0.1, 0.15) is 21.5 Å². The summed E-state index contributed by atoms with van der Waals surface area (Å²) in [4.78, 5) is 15.7. The van der Waals surface area contributed by atoms with E-state index < -0.39 is 17.6 Å². The van der Waals surface area contributed by atoms with Crippen molar-refractivity contribution < 1.29 is 18.0 Å². The summed E-state index contributed by atoms with van der Waals surface area (Å²) >= 11 is 2.95. The number of hydrogen-bond acceptors (Lipinski definition) is 1. The lowest BCUT2D eigenvalue weighted by molar-refractivity contribution is -0.137. The van der Waals surface area contributed by atoms with Gasteiger partial charge in [0.15, 0.2) is 0 Å². The number of alkyl halides is 3. The lowest BCUT2D eigenvalue weighted by Crippen LogP contribution is -2.16. The summed E-state index contributed by atoms with van der Waals surface area (Å²) in [5, 5.41) is 0. The van der Waals surface area contributed by atoms with Gasteiger partial charge in [0.25, 0.3) is 5.91 Å². The molecule has 3 nitrogen and oxygen atoms in total. The number of aliphatic imine (C=N–C) groups is 1. The third-order valence-corrected chi connectivity index (χ3v) is 3.22. The summed E-state index contributed by atoms with van der Waals surface area (Å²) in [6.07, 6.45) is -4.55. The molecule has 22 heavy (non-hydrogen) atoms. The minimum absolute atomic E-state index is 0.0564. The molecule has 0 atom stereocenters. The Morgan fingerprint density at radius 3 is 2.27 bits per heavy atom. The van der Waals surface area contributed by atoms with Crippen LogP contribution in [-0.4, -0.2) is 11.7 Å². The highest BCUT2D eigenvalue weighted by Crippen LogP contribution is 2.32. The molecule has 2 aromatic rings. The Labute approximate surface area is 132 Å². The highest BCUT2D eigenvalue weighted by molar-refractivity contribution is 9.10. The Morgan fingerprint density at radius 1 is 1.05 bits per heavy atom. The largest absolute Gasteiger partial charge is 0.416 e. The molecule has 0 aliphatic carbocycles. The van der Waals surface area contributed by atoms with Crippen molar-refractivity contribution in [3.05, 3.63) is 69.7 Å². The second-order valence-corrected chi connectivity index (χ2v) is 5.31. The van der Waals surface area contributed by atoms with Crippen LogP contribution in [0.4, 0.5) is 13.2 Å². The van der Waals surface area contributed by atoms with Gasteiger partial charge >= 0.3 is 6.18 Å². The number of halogens is 4. The number of carbonyl (C=O) groups is 1. The van der Waals surface area contributed by atoms with Gasteiger partial charge in [0.1, 0.15) is 5.84 Å². The molecule has 0 aliphatic heterocycles. The topological polar surface area (TPSA) is 55.4 Å². The molecule has 0 aliphatic rings. The van der Waals surface area contributed by atoms with Gasteiger partial charge in [-0.1, -0.05) is 46.3 Å². The normalized spacial score (nSPS) is 12.3. The first-order valence-corrected chi connectivity index (χ1v) is 6.88. The van der Waals surface area contributed by atoms with Crippen LogP contribution in [-0.2, 0) is 6.18 Å². The van der Waals surface area contributed by atoms with E-state index in [-0.39, 0.29) is 15.9 Å². The van der Waals surface area contributed by atoms with E-state index in [9.17, 15) is 18.0 Å². The zero-order valence-electron chi connectivity index (χ0n) is 11.1. The summed E-state index contributed by atoms with van der Waals surface area (Å²) < 4.78 is 38.4. The van der Waals surface area contributed by atoms with Crippen LogP contribution in [0.3, 0.4) is 0 Å². The number of amidine groups is 1. The second kappa shape index (κ2) is 6.31. The average molecular weight is 371 g/mol. The smallest absolute Gasteiger partial charge is 0.383 e. The molecule has 0 fully saturated rings.